The van der Waals surface area contributed by atoms with Gasteiger partial charge in [-0.15, -0.1) is 0 Å². The number of hydrogen-bond donors (Lipinski definition) is 1. The Morgan fingerprint density at radius 2 is 2.00 bits per heavy atom. The van der Waals surface area contributed by atoms with Gasteiger partial charge in [-0.05, 0) is 36.8 Å². The van der Waals surface area contributed by atoms with E-state index in [2.05, 4.69) is 5.32 Å². The molecule has 2 aliphatic rings. The van der Waals surface area contributed by atoms with Gasteiger partial charge in [0.05, 0.1) is 6.54 Å². The second-order valence-corrected chi connectivity index (χ2v) is 6.62. The molecule has 2 aliphatic heterocycles. The summed E-state index contributed by atoms with van der Waals surface area (Å²) in [5.41, 5.74) is -0.662. The van der Waals surface area contributed by atoms with E-state index in [0.29, 0.717) is 17.1 Å². The van der Waals surface area contributed by atoms with Crippen molar-refractivity contribution < 1.29 is 23.5 Å². The minimum Gasteiger partial charge on any atom is -0.454 e. The van der Waals surface area contributed by atoms with E-state index < -0.39 is 23.3 Å². The van der Waals surface area contributed by atoms with Crippen molar-refractivity contribution in [3.63, 3.8) is 0 Å². The van der Waals surface area contributed by atoms with Crippen LogP contribution in [0.25, 0.3) is 0 Å². The smallest absolute Gasteiger partial charge is 0.325 e. The molecule has 6 nitrogen and oxygen atoms in total. The van der Waals surface area contributed by atoms with Gasteiger partial charge >= 0.3 is 6.03 Å². The molecule has 0 aromatic heterocycles. The molecule has 4 rings (SSSR count). The lowest BCUT2D eigenvalue weighted by Gasteiger charge is -2.22. The highest BCUT2D eigenvalue weighted by Crippen LogP contribution is 2.38. The lowest BCUT2D eigenvalue weighted by atomic mass is 9.91. The summed E-state index contributed by atoms with van der Waals surface area (Å²) in [6.45, 7) is 1.44. The van der Waals surface area contributed by atoms with E-state index in [-0.39, 0.29) is 23.9 Å². The van der Waals surface area contributed by atoms with E-state index in [0.717, 1.165) is 4.90 Å². The highest BCUT2D eigenvalue weighted by Gasteiger charge is 2.49. The maximum absolute atomic E-state index is 14.0. The molecule has 1 fully saturated rings. The van der Waals surface area contributed by atoms with Crippen molar-refractivity contribution in [3.05, 3.63) is 58.4 Å². The lowest BCUT2D eigenvalue weighted by Crippen LogP contribution is -2.40. The van der Waals surface area contributed by atoms with E-state index in [1.165, 1.54) is 18.2 Å². The molecule has 0 unspecified atom stereocenters. The number of rotatable bonds is 3. The molecule has 134 valence electrons. The predicted octanol–water partition coefficient (Wildman–Crippen LogP) is 3.18. The monoisotopic (exact) mass is 376 g/mol. The maximum atomic E-state index is 14.0. The summed E-state index contributed by atoms with van der Waals surface area (Å²) >= 11 is 6.02. The van der Waals surface area contributed by atoms with Crippen molar-refractivity contribution >= 4 is 23.5 Å². The van der Waals surface area contributed by atoms with Crippen molar-refractivity contribution in [3.8, 4) is 11.5 Å². The Balaban J connectivity index is 1.66. The van der Waals surface area contributed by atoms with Crippen LogP contribution in [0.1, 0.15) is 18.1 Å². The standard InChI is InChI=1S/C18H14ClFN2O4/c1-18(10-5-6-14-15(7-10)26-9-25-14)16(23)22(17(24)21-18)8-11-12(19)3-2-4-13(11)20/h2-7H,8-9H2,1H3,(H,21,24)/t18-/m0/s1. The van der Waals surface area contributed by atoms with E-state index >= 15 is 0 Å². The summed E-state index contributed by atoms with van der Waals surface area (Å²) in [5, 5.41) is 2.83. The zero-order valence-electron chi connectivity index (χ0n) is 13.7. The molecular weight excluding hydrogens is 363 g/mol. The molecule has 1 saturated heterocycles. The second kappa shape index (κ2) is 5.88. The number of halogens is 2. The molecule has 3 amide bonds. The molecule has 8 heteroatoms. The van der Waals surface area contributed by atoms with Crippen LogP contribution in [0.15, 0.2) is 36.4 Å². The van der Waals surface area contributed by atoms with Crippen LogP contribution >= 0.6 is 11.6 Å². The second-order valence-electron chi connectivity index (χ2n) is 6.21. The van der Waals surface area contributed by atoms with E-state index in [1.54, 1.807) is 25.1 Å². The lowest BCUT2D eigenvalue weighted by molar-refractivity contribution is -0.131. The van der Waals surface area contributed by atoms with Gasteiger partial charge in [-0.2, -0.15) is 0 Å². The minimum atomic E-state index is -1.30. The van der Waals surface area contributed by atoms with E-state index in [9.17, 15) is 14.0 Å². The maximum Gasteiger partial charge on any atom is 0.325 e. The molecule has 0 spiro atoms. The third-order valence-electron chi connectivity index (χ3n) is 4.60. The Morgan fingerprint density at radius 1 is 1.23 bits per heavy atom. The molecule has 0 bridgehead atoms. The zero-order valence-corrected chi connectivity index (χ0v) is 14.5. The average Bonchev–Trinajstić information content (AvgIpc) is 3.15. The van der Waals surface area contributed by atoms with Gasteiger partial charge in [-0.3, -0.25) is 9.69 Å². The van der Waals surface area contributed by atoms with Gasteiger partial charge in [0, 0.05) is 10.6 Å². The first kappa shape index (κ1) is 16.7. The molecular formula is C18H14ClFN2O4. The van der Waals surface area contributed by atoms with Crippen LogP contribution < -0.4 is 14.8 Å². The van der Waals surface area contributed by atoms with Crippen LogP contribution in [-0.2, 0) is 16.9 Å². The van der Waals surface area contributed by atoms with Crippen molar-refractivity contribution in [1.29, 1.82) is 0 Å². The Bertz CT molecular complexity index is 915. The summed E-state index contributed by atoms with van der Waals surface area (Å²) in [4.78, 5) is 26.3. The van der Waals surface area contributed by atoms with Crippen molar-refractivity contribution in [2.75, 3.05) is 6.79 Å². The molecule has 1 atom stereocenters. The molecule has 2 aromatic carbocycles. The molecule has 2 heterocycles. The number of nitrogens with zero attached hydrogens (tertiary/aromatic N) is 1. The van der Waals surface area contributed by atoms with Gasteiger partial charge in [0.25, 0.3) is 5.91 Å². The summed E-state index contributed by atoms with van der Waals surface area (Å²) in [6, 6.07) is 8.61. The van der Waals surface area contributed by atoms with Gasteiger partial charge in [-0.25, -0.2) is 9.18 Å². The molecule has 0 saturated carbocycles. The van der Waals surface area contributed by atoms with Crippen molar-refractivity contribution in [1.82, 2.24) is 10.2 Å². The first-order valence-corrected chi connectivity index (χ1v) is 8.25. The number of nitrogens with one attached hydrogen (secondary N) is 1. The van der Waals surface area contributed by atoms with Gasteiger partial charge in [0.1, 0.15) is 11.4 Å². The molecule has 1 N–H and O–H groups in total. The number of carbonyl (C=O) groups is 2. The fraction of sp³-hybridized carbons (Fsp3) is 0.222. The number of ether oxygens (including phenoxy) is 2. The number of carbonyl (C=O) groups excluding carboxylic acids is 2. The van der Waals surface area contributed by atoms with Gasteiger partial charge in [-0.1, -0.05) is 23.7 Å². The number of amides is 3. The first-order chi connectivity index (χ1) is 12.4. The van der Waals surface area contributed by atoms with Gasteiger partial charge in [0.2, 0.25) is 6.79 Å². The number of hydrogen-bond acceptors (Lipinski definition) is 4. The van der Waals surface area contributed by atoms with Crippen molar-refractivity contribution in [2.45, 2.75) is 19.0 Å². The Kier molecular flexibility index (Phi) is 3.77. The van der Waals surface area contributed by atoms with Crippen LogP contribution in [0, 0.1) is 5.82 Å². The van der Waals surface area contributed by atoms with E-state index in [4.69, 9.17) is 21.1 Å². The van der Waals surface area contributed by atoms with Gasteiger partial charge in [0.15, 0.2) is 11.5 Å². The summed E-state index contributed by atoms with van der Waals surface area (Å²) in [6.07, 6.45) is 0. The third kappa shape index (κ3) is 2.47. The number of fused-ring (bicyclic) bond motifs is 1. The molecule has 26 heavy (non-hydrogen) atoms. The van der Waals surface area contributed by atoms with Crippen LogP contribution in [0.2, 0.25) is 5.02 Å². The van der Waals surface area contributed by atoms with E-state index in [1.807, 2.05) is 0 Å². The van der Waals surface area contributed by atoms with Crippen LogP contribution in [0.4, 0.5) is 9.18 Å². The number of imide groups is 1. The summed E-state index contributed by atoms with van der Waals surface area (Å²) in [5.74, 6) is 0.000886. The minimum absolute atomic E-state index is 0.0904. The fourth-order valence-electron chi connectivity index (χ4n) is 3.09. The fourth-order valence-corrected chi connectivity index (χ4v) is 3.31. The molecule has 0 aliphatic carbocycles. The van der Waals surface area contributed by atoms with Gasteiger partial charge < -0.3 is 14.8 Å². The normalized spacial score (nSPS) is 21.3. The van der Waals surface area contributed by atoms with Crippen LogP contribution in [-0.4, -0.2) is 23.6 Å². The largest absolute Gasteiger partial charge is 0.454 e. The Hall–Kier alpha value is -2.80. The average molecular weight is 377 g/mol. The van der Waals surface area contributed by atoms with Crippen LogP contribution in [0.5, 0.6) is 11.5 Å². The van der Waals surface area contributed by atoms with Crippen LogP contribution in [0.3, 0.4) is 0 Å². The molecule has 2 aromatic rings. The Labute approximate surface area is 153 Å². The topological polar surface area (TPSA) is 67.9 Å². The summed E-state index contributed by atoms with van der Waals surface area (Å²) < 4.78 is 24.6. The van der Waals surface area contributed by atoms with Crippen molar-refractivity contribution in [2.24, 2.45) is 0 Å². The SMILES string of the molecule is C[C@@]1(c2ccc3c(c2)OCO3)NC(=O)N(Cc2c(F)cccc2Cl)C1=O. The quantitative estimate of drug-likeness (QED) is 0.835. The Morgan fingerprint density at radius 3 is 2.77 bits per heavy atom. The summed E-state index contributed by atoms with van der Waals surface area (Å²) in [7, 11) is 0. The number of benzene rings is 2. The first-order valence-electron chi connectivity index (χ1n) is 7.87. The molecule has 0 radical (unpaired) electrons. The predicted molar refractivity (Wildman–Crippen MR) is 90.4 cm³/mol. The zero-order chi connectivity index (χ0) is 18.5. The third-order valence-corrected chi connectivity index (χ3v) is 4.96. The highest BCUT2D eigenvalue weighted by molar-refractivity contribution is 6.31. The highest BCUT2D eigenvalue weighted by atomic mass is 35.5. The number of urea groups is 1.